The first-order valence-electron chi connectivity index (χ1n) is 15.2. The normalized spacial score (nSPS) is 13.9. The van der Waals surface area contributed by atoms with Gasteiger partial charge in [-0.1, -0.05) is 163 Å². The van der Waals surface area contributed by atoms with E-state index in [0.29, 0.717) is 0 Å². The van der Waals surface area contributed by atoms with Gasteiger partial charge in [-0.25, -0.2) is 9.59 Å². The van der Waals surface area contributed by atoms with Gasteiger partial charge in [0.1, 0.15) is 0 Å². The molecular weight excluding hydrogens is 597 g/mol. The SMILES string of the molecule is COC(=O)C(O[Si](c1ccccc1)(c1ccccc1)C(C)(C)C)C(O[Si](c1ccccc1)(c1ccccc1)C(C)(C)C)C(=O)O. The second kappa shape index (κ2) is 13.7. The number of aliphatic carboxylic acids is 1. The molecule has 4 aromatic rings. The summed E-state index contributed by atoms with van der Waals surface area (Å²) in [7, 11) is -5.58. The summed E-state index contributed by atoms with van der Waals surface area (Å²) in [5, 5.41) is 13.5. The molecule has 0 saturated carbocycles. The molecule has 0 bridgehead atoms. The number of carboxylic acids is 1. The molecule has 4 rings (SSSR count). The molecule has 236 valence electrons. The Balaban J connectivity index is 2.01. The van der Waals surface area contributed by atoms with Gasteiger partial charge in [0.25, 0.3) is 16.6 Å². The molecular formula is C37H44O6Si2. The van der Waals surface area contributed by atoms with Crippen molar-refractivity contribution in [2.24, 2.45) is 0 Å². The van der Waals surface area contributed by atoms with Gasteiger partial charge in [-0.2, -0.15) is 0 Å². The second-order valence-corrected chi connectivity index (χ2v) is 21.8. The zero-order valence-corrected chi connectivity index (χ0v) is 29.2. The number of ether oxygens (including phenoxy) is 1. The van der Waals surface area contributed by atoms with E-state index in [1.54, 1.807) is 0 Å². The van der Waals surface area contributed by atoms with Gasteiger partial charge >= 0.3 is 11.9 Å². The maximum absolute atomic E-state index is 13.9. The van der Waals surface area contributed by atoms with Crippen molar-refractivity contribution in [3.63, 3.8) is 0 Å². The number of hydrogen-bond donors (Lipinski definition) is 1. The molecule has 45 heavy (non-hydrogen) atoms. The molecule has 0 aliphatic heterocycles. The number of methoxy groups -OCH3 is 1. The van der Waals surface area contributed by atoms with Crippen molar-refractivity contribution in [3.8, 4) is 0 Å². The van der Waals surface area contributed by atoms with Crippen LogP contribution in [0.2, 0.25) is 10.1 Å². The topological polar surface area (TPSA) is 82.1 Å². The first-order chi connectivity index (χ1) is 21.3. The zero-order valence-electron chi connectivity index (χ0n) is 27.2. The molecule has 0 aliphatic rings. The summed E-state index contributed by atoms with van der Waals surface area (Å²) in [4.78, 5) is 27.3. The van der Waals surface area contributed by atoms with Crippen LogP contribution < -0.4 is 20.7 Å². The first kappa shape index (κ1) is 34.1. The minimum Gasteiger partial charge on any atom is -0.479 e. The maximum Gasteiger partial charge on any atom is 0.337 e. The molecule has 2 unspecified atom stereocenters. The molecule has 0 heterocycles. The number of esters is 1. The first-order valence-corrected chi connectivity index (χ1v) is 19.0. The lowest BCUT2D eigenvalue weighted by Gasteiger charge is -2.48. The maximum atomic E-state index is 13.9. The molecule has 0 saturated heterocycles. The van der Waals surface area contributed by atoms with Crippen LogP contribution in [0.4, 0.5) is 0 Å². The van der Waals surface area contributed by atoms with Crippen LogP contribution in [0.5, 0.6) is 0 Å². The fourth-order valence-electron chi connectivity index (χ4n) is 6.35. The summed E-state index contributed by atoms with van der Waals surface area (Å²) >= 11 is 0. The monoisotopic (exact) mass is 640 g/mol. The summed E-state index contributed by atoms with van der Waals surface area (Å²) in [5.41, 5.74) is 0. The summed E-state index contributed by atoms with van der Waals surface area (Å²) in [6.07, 6.45) is -3.24. The highest BCUT2D eigenvalue weighted by Gasteiger charge is 2.58. The molecule has 0 spiro atoms. The molecule has 0 amide bonds. The molecule has 0 aliphatic carbocycles. The van der Waals surface area contributed by atoms with E-state index in [0.717, 1.165) is 20.7 Å². The van der Waals surface area contributed by atoms with Gasteiger partial charge < -0.3 is 18.7 Å². The number of carbonyl (C=O) groups excluding carboxylic acids is 1. The van der Waals surface area contributed by atoms with Crippen molar-refractivity contribution < 1.29 is 28.3 Å². The fourth-order valence-corrected chi connectivity index (χ4v) is 15.6. The Kier molecular flexibility index (Phi) is 10.3. The molecule has 4 aromatic carbocycles. The highest BCUT2D eigenvalue weighted by molar-refractivity contribution is 7.00. The average molecular weight is 641 g/mol. The van der Waals surface area contributed by atoms with Crippen molar-refractivity contribution in [2.75, 3.05) is 7.11 Å². The number of hydrogen-bond acceptors (Lipinski definition) is 5. The van der Waals surface area contributed by atoms with Crippen LogP contribution in [0.15, 0.2) is 121 Å². The molecule has 0 fully saturated rings. The van der Waals surface area contributed by atoms with Gasteiger partial charge in [-0.15, -0.1) is 0 Å². The van der Waals surface area contributed by atoms with E-state index in [1.807, 2.05) is 121 Å². The van der Waals surface area contributed by atoms with Crippen molar-refractivity contribution in [3.05, 3.63) is 121 Å². The van der Waals surface area contributed by atoms with Gasteiger partial charge in [0.2, 0.25) is 0 Å². The minimum absolute atomic E-state index is 0.525. The Morgan fingerprint density at radius 2 is 0.800 bits per heavy atom. The lowest BCUT2D eigenvalue weighted by atomic mass is 10.2. The van der Waals surface area contributed by atoms with Crippen LogP contribution >= 0.6 is 0 Å². The van der Waals surface area contributed by atoms with Crippen LogP contribution in [0.25, 0.3) is 0 Å². The number of benzene rings is 4. The smallest absolute Gasteiger partial charge is 0.337 e. The van der Waals surface area contributed by atoms with E-state index >= 15 is 0 Å². The van der Waals surface area contributed by atoms with Crippen LogP contribution in [-0.2, 0) is 23.2 Å². The third-order valence-corrected chi connectivity index (χ3v) is 18.4. The van der Waals surface area contributed by atoms with Crippen LogP contribution in [0.1, 0.15) is 41.5 Å². The number of rotatable bonds is 11. The molecule has 8 heteroatoms. The van der Waals surface area contributed by atoms with Crippen LogP contribution in [0.3, 0.4) is 0 Å². The zero-order chi connectivity index (χ0) is 32.9. The summed E-state index contributed by atoms with van der Waals surface area (Å²) in [6, 6.07) is 39.1. The Bertz CT molecular complexity index is 1470. The average Bonchev–Trinajstić information content (AvgIpc) is 3.03. The summed E-state index contributed by atoms with van der Waals surface area (Å²) in [5.74, 6) is -2.09. The van der Waals surface area contributed by atoms with Crippen molar-refractivity contribution >= 4 is 49.3 Å². The Morgan fingerprint density at radius 3 is 1.02 bits per heavy atom. The molecule has 6 nitrogen and oxygen atoms in total. The minimum atomic E-state index is -3.43. The van der Waals surface area contributed by atoms with Gasteiger partial charge in [-0.05, 0) is 30.8 Å². The van der Waals surface area contributed by atoms with Crippen molar-refractivity contribution in [1.82, 2.24) is 0 Å². The van der Waals surface area contributed by atoms with Gasteiger partial charge in [-0.3, -0.25) is 0 Å². The Labute approximate surface area is 269 Å². The van der Waals surface area contributed by atoms with E-state index in [4.69, 9.17) is 13.6 Å². The summed E-state index contributed by atoms with van der Waals surface area (Å²) < 4.78 is 19.6. The molecule has 0 aromatic heterocycles. The number of carbonyl (C=O) groups is 2. The lowest BCUT2D eigenvalue weighted by molar-refractivity contribution is -0.165. The third kappa shape index (κ3) is 6.60. The van der Waals surface area contributed by atoms with E-state index < -0.39 is 50.9 Å². The quantitative estimate of drug-likeness (QED) is 0.181. The highest BCUT2D eigenvalue weighted by Crippen LogP contribution is 2.41. The largest absolute Gasteiger partial charge is 0.479 e. The van der Waals surface area contributed by atoms with Gasteiger partial charge in [0.15, 0.2) is 12.2 Å². The predicted octanol–water partition coefficient (Wildman–Crippen LogP) is 5.13. The molecule has 2 atom stereocenters. The third-order valence-electron chi connectivity index (χ3n) is 8.39. The van der Waals surface area contributed by atoms with E-state index in [2.05, 4.69) is 41.5 Å². The van der Waals surface area contributed by atoms with E-state index in [1.165, 1.54) is 7.11 Å². The van der Waals surface area contributed by atoms with E-state index in [-0.39, 0.29) is 0 Å². The highest BCUT2D eigenvalue weighted by atomic mass is 28.4. The van der Waals surface area contributed by atoms with Crippen LogP contribution in [0, 0.1) is 0 Å². The molecule has 1 N–H and O–H groups in total. The number of carboxylic acid groups (broad SMARTS) is 1. The predicted molar refractivity (Wildman–Crippen MR) is 185 cm³/mol. The van der Waals surface area contributed by atoms with E-state index in [9.17, 15) is 14.7 Å². The fraction of sp³-hybridized carbons (Fsp3) is 0.297. The van der Waals surface area contributed by atoms with Crippen molar-refractivity contribution in [2.45, 2.75) is 63.8 Å². The second-order valence-electron chi connectivity index (χ2n) is 13.3. The van der Waals surface area contributed by atoms with Crippen molar-refractivity contribution in [1.29, 1.82) is 0 Å². The summed E-state index contributed by atoms with van der Waals surface area (Å²) in [6.45, 7) is 12.4. The standard InChI is InChI=1S/C37H44O6Si2/c1-36(2,3)44(28-20-12-8-13-21-28,29-22-14-9-15-23-29)42-32(34(38)39)33(35(40)41-7)43-45(37(4,5)6,30-24-16-10-17-25-30)31-26-18-11-19-27-31/h8-27,32-33H,1-7H3,(H,38,39). The Morgan fingerprint density at radius 1 is 0.533 bits per heavy atom. The Hall–Kier alpha value is -3.83. The lowest BCUT2D eigenvalue weighted by Crippen LogP contribution is -2.72. The molecule has 0 radical (unpaired) electrons. The van der Waals surface area contributed by atoms with Crippen LogP contribution in [-0.4, -0.2) is 53.0 Å². The van der Waals surface area contributed by atoms with Gasteiger partial charge in [0, 0.05) is 0 Å². The van der Waals surface area contributed by atoms with Gasteiger partial charge in [0.05, 0.1) is 7.11 Å².